The summed E-state index contributed by atoms with van der Waals surface area (Å²) in [5.74, 6) is -1.37. The van der Waals surface area contributed by atoms with Gasteiger partial charge in [-0.2, -0.15) is 5.26 Å². The number of amides is 2. The highest BCUT2D eigenvalue weighted by atomic mass is 35.5. The zero-order chi connectivity index (χ0) is 24.4. The van der Waals surface area contributed by atoms with Crippen molar-refractivity contribution in [2.24, 2.45) is 11.8 Å². The predicted molar refractivity (Wildman–Crippen MR) is 129 cm³/mol. The Kier molecular flexibility index (Phi) is 4.89. The molecule has 35 heavy (non-hydrogen) atoms. The van der Waals surface area contributed by atoms with Crippen molar-refractivity contribution in [1.29, 1.82) is 5.26 Å². The normalized spacial score (nSPS) is 29.0. The van der Waals surface area contributed by atoms with Crippen LogP contribution in [0.1, 0.15) is 31.7 Å². The van der Waals surface area contributed by atoms with E-state index in [1.807, 2.05) is 37.3 Å². The van der Waals surface area contributed by atoms with Gasteiger partial charge in [0.15, 0.2) is 0 Å². The standard InChI is InChI=1S/C27H22ClN3O4/c1-26-10-11-27(35-26,12-13-34-21-9-7-17(28)15-30-21)23-22(26)24(32)31(25(23)33)20-8-6-16-4-2-3-5-18(16)19(20)14-29/h2-9,15,22-23H,10-13H2,1H3. The van der Waals surface area contributed by atoms with Gasteiger partial charge in [-0.3, -0.25) is 9.59 Å². The van der Waals surface area contributed by atoms with Crippen LogP contribution in [0.15, 0.2) is 54.7 Å². The molecule has 2 aromatic carbocycles. The molecule has 4 unspecified atom stereocenters. The van der Waals surface area contributed by atoms with Crippen molar-refractivity contribution < 1.29 is 19.1 Å². The molecule has 176 valence electrons. The largest absolute Gasteiger partial charge is 0.478 e. The van der Waals surface area contributed by atoms with Crippen LogP contribution in [0.4, 0.5) is 5.69 Å². The summed E-state index contributed by atoms with van der Waals surface area (Å²) in [6, 6.07) is 16.6. The fraction of sp³-hybridized carbons (Fsp3) is 0.333. The molecule has 0 saturated carbocycles. The number of benzene rings is 2. The summed E-state index contributed by atoms with van der Waals surface area (Å²) in [7, 11) is 0. The molecule has 8 heteroatoms. The fourth-order valence-corrected chi connectivity index (χ4v) is 6.30. The maximum Gasteiger partial charge on any atom is 0.240 e. The Morgan fingerprint density at radius 2 is 1.94 bits per heavy atom. The van der Waals surface area contributed by atoms with Crippen LogP contribution in [0.3, 0.4) is 0 Å². The number of carbonyl (C=O) groups is 2. The first-order valence-corrected chi connectivity index (χ1v) is 12.0. The first-order chi connectivity index (χ1) is 16.9. The van der Waals surface area contributed by atoms with Crippen molar-refractivity contribution in [2.75, 3.05) is 11.5 Å². The second-order valence-electron chi connectivity index (χ2n) is 9.65. The summed E-state index contributed by atoms with van der Waals surface area (Å²) in [4.78, 5) is 33.0. The summed E-state index contributed by atoms with van der Waals surface area (Å²) >= 11 is 5.89. The Morgan fingerprint density at radius 3 is 2.71 bits per heavy atom. The third-order valence-corrected chi connectivity index (χ3v) is 7.97. The van der Waals surface area contributed by atoms with E-state index in [0.29, 0.717) is 46.8 Å². The molecule has 3 saturated heterocycles. The molecule has 3 aromatic rings. The highest BCUT2D eigenvalue weighted by Crippen LogP contribution is 2.62. The van der Waals surface area contributed by atoms with Gasteiger partial charge in [-0.05, 0) is 37.3 Å². The van der Waals surface area contributed by atoms with Crippen molar-refractivity contribution in [3.05, 3.63) is 65.3 Å². The van der Waals surface area contributed by atoms with E-state index in [1.165, 1.54) is 11.1 Å². The van der Waals surface area contributed by atoms with E-state index in [4.69, 9.17) is 21.1 Å². The number of rotatable bonds is 5. The van der Waals surface area contributed by atoms with E-state index in [2.05, 4.69) is 11.1 Å². The van der Waals surface area contributed by atoms with Gasteiger partial charge < -0.3 is 9.47 Å². The number of carbonyl (C=O) groups excluding carboxylic acids is 2. The first-order valence-electron chi connectivity index (χ1n) is 11.6. The molecular weight excluding hydrogens is 466 g/mol. The summed E-state index contributed by atoms with van der Waals surface area (Å²) in [6.45, 7) is 2.20. The van der Waals surface area contributed by atoms with Crippen LogP contribution < -0.4 is 9.64 Å². The average molecular weight is 488 g/mol. The van der Waals surface area contributed by atoms with Crippen molar-refractivity contribution in [3.63, 3.8) is 0 Å². The van der Waals surface area contributed by atoms with Crippen LogP contribution in [0.5, 0.6) is 5.88 Å². The molecule has 0 spiro atoms. The van der Waals surface area contributed by atoms with E-state index in [-0.39, 0.29) is 18.4 Å². The Morgan fingerprint density at radius 1 is 1.14 bits per heavy atom. The fourth-order valence-electron chi connectivity index (χ4n) is 6.19. The Hall–Kier alpha value is -3.47. The Balaban J connectivity index is 1.33. The van der Waals surface area contributed by atoms with E-state index in [0.717, 1.165) is 5.39 Å². The maximum absolute atomic E-state index is 13.9. The molecule has 0 radical (unpaired) electrons. The number of nitriles is 1. The number of imide groups is 1. The Bertz CT molecular complexity index is 1420. The zero-order valence-electron chi connectivity index (χ0n) is 19.0. The van der Waals surface area contributed by atoms with E-state index < -0.39 is 23.0 Å². The topological polar surface area (TPSA) is 92.5 Å². The van der Waals surface area contributed by atoms with Crippen LogP contribution in [0.25, 0.3) is 10.8 Å². The van der Waals surface area contributed by atoms with Gasteiger partial charge in [0, 0.05) is 24.1 Å². The Labute approximate surface area is 207 Å². The number of aromatic nitrogens is 1. The molecule has 3 aliphatic heterocycles. The lowest BCUT2D eigenvalue weighted by molar-refractivity contribution is -0.131. The molecular formula is C27H22ClN3O4. The third-order valence-electron chi connectivity index (χ3n) is 7.75. The van der Waals surface area contributed by atoms with E-state index >= 15 is 0 Å². The molecule has 3 fully saturated rings. The number of hydrogen-bond donors (Lipinski definition) is 0. The van der Waals surface area contributed by atoms with Gasteiger partial charge in [-0.1, -0.05) is 41.9 Å². The lowest BCUT2D eigenvalue weighted by atomic mass is 9.67. The van der Waals surface area contributed by atoms with Crippen LogP contribution in [-0.4, -0.2) is 34.6 Å². The minimum atomic E-state index is -0.795. The monoisotopic (exact) mass is 487 g/mol. The average Bonchev–Trinajstić information content (AvgIpc) is 3.44. The number of anilines is 1. The molecule has 1 aromatic heterocycles. The zero-order valence-corrected chi connectivity index (χ0v) is 19.8. The second-order valence-corrected chi connectivity index (χ2v) is 10.1. The number of pyridine rings is 1. The van der Waals surface area contributed by atoms with Gasteiger partial charge in [0.2, 0.25) is 17.7 Å². The molecule has 2 amide bonds. The van der Waals surface area contributed by atoms with Gasteiger partial charge >= 0.3 is 0 Å². The van der Waals surface area contributed by atoms with Gasteiger partial charge in [0.1, 0.15) is 6.07 Å². The molecule has 6 rings (SSSR count). The van der Waals surface area contributed by atoms with Gasteiger partial charge in [0.25, 0.3) is 0 Å². The van der Waals surface area contributed by atoms with Crippen LogP contribution in [0.2, 0.25) is 5.02 Å². The molecule has 2 bridgehead atoms. The minimum absolute atomic E-state index is 0.287. The molecule has 0 N–H and O–H groups in total. The van der Waals surface area contributed by atoms with Crippen LogP contribution in [0, 0.1) is 23.2 Å². The lowest BCUT2D eigenvalue weighted by Gasteiger charge is -2.31. The number of halogens is 1. The quantitative estimate of drug-likeness (QED) is 0.486. The molecule has 4 atom stereocenters. The third kappa shape index (κ3) is 3.17. The molecule has 0 aliphatic carbocycles. The van der Waals surface area contributed by atoms with Crippen molar-refractivity contribution >= 4 is 39.9 Å². The van der Waals surface area contributed by atoms with Crippen LogP contribution in [-0.2, 0) is 14.3 Å². The highest BCUT2D eigenvalue weighted by molar-refractivity contribution is 6.30. The van der Waals surface area contributed by atoms with Crippen LogP contribution >= 0.6 is 11.6 Å². The van der Waals surface area contributed by atoms with Crippen molar-refractivity contribution in [1.82, 2.24) is 4.98 Å². The second kappa shape index (κ2) is 7.77. The smallest absolute Gasteiger partial charge is 0.240 e. The summed E-state index contributed by atoms with van der Waals surface area (Å²) in [5, 5.41) is 12.1. The number of nitrogens with zero attached hydrogens (tertiary/aromatic N) is 3. The number of hydrogen-bond acceptors (Lipinski definition) is 6. The molecule has 3 aliphatic rings. The SMILES string of the molecule is CC12CCC(CCOc3ccc(Cl)cn3)(O1)C1C(=O)N(c3ccc4ccccc4c3C#N)C(=O)C12. The van der Waals surface area contributed by atoms with Crippen molar-refractivity contribution in [2.45, 2.75) is 37.4 Å². The summed E-state index contributed by atoms with van der Waals surface area (Å²) in [5.41, 5.74) is -0.851. The summed E-state index contributed by atoms with van der Waals surface area (Å²) in [6.07, 6.45) is 3.31. The number of ether oxygens (including phenoxy) is 2. The first kappa shape index (κ1) is 22.0. The minimum Gasteiger partial charge on any atom is -0.478 e. The highest BCUT2D eigenvalue weighted by Gasteiger charge is 2.74. The van der Waals surface area contributed by atoms with Gasteiger partial charge in [0.05, 0.1) is 45.9 Å². The number of fused-ring (bicyclic) bond motifs is 6. The van der Waals surface area contributed by atoms with E-state index in [1.54, 1.807) is 18.2 Å². The predicted octanol–water partition coefficient (Wildman–Crippen LogP) is 4.66. The maximum atomic E-state index is 13.9. The van der Waals surface area contributed by atoms with Gasteiger partial charge in [-0.15, -0.1) is 0 Å². The molecule has 7 nitrogen and oxygen atoms in total. The van der Waals surface area contributed by atoms with E-state index in [9.17, 15) is 14.9 Å². The summed E-state index contributed by atoms with van der Waals surface area (Å²) < 4.78 is 12.3. The van der Waals surface area contributed by atoms with Gasteiger partial charge in [-0.25, -0.2) is 9.88 Å². The lowest BCUT2D eigenvalue weighted by Crippen LogP contribution is -2.43. The molecule has 4 heterocycles. The van der Waals surface area contributed by atoms with Crippen molar-refractivity contribution in [3.8, 4) is 11.9 Å².